The molecular weight excluding hydrogens is 330 g/mol. The van der Waals surface area contributed by atoms with E-state index in [4.69, 9.17) is 11.6 Å². The van der Waals surface area contributed by atoms with Crippen LogP contribution in [0.25, 0.3) is 0 Å². The highest BCUT2D eigenvalue weighted by atomic mass is 35.5. The van der Waals surface area contributed by atoms with Gasteiger partial charge in [0.15, 0.2) is 11.5 Å². The molecule has 2 N–H and O–H groups in total. The van der Waals surface area contributed by atoms with Crippen molar-refractivity contribution in [1.82, 2.24) is 9.78 Å². The van der Waals surface area contributed by atoms with Crippen LogP contribution in [0.15, 0.2) is 18.2 Å². The maximum Gasteiger partial charge on any atom is 0.436 e. The van der Waals surface area contributed by atoms with Gasteiger partial charge < -0.3 is 10.4 Å². The summed E-state index contributed by atoms with van der Waals surface area (Å²) >= 11 is 5.56. The van der Waals surface area contributed by atoms with Gasteiger partial charge in [-0.05, 0) is 18.2 Å². The van der Waals surface area contributed by atoms with E-state index in [0.717, 1.165) is 29.9 Å². The molecule has 1 aromatic carbocycles. The second kappa shape index (κ2) is 5.48. The van der Waals surface area contributed by atoms with E-state index >= 15 is 0 Å². The Bertz CT molecular complexity index is 743. The molecule has 5 nitrogen and oxygen atoms in total. The molecule has 0 bridgehead atoms. The number of nitrogens with zero attached hydrogens (tertiary/aromatic N) is 2. The SMILES string of the molecule is Cn1nc(C(F)(F)F)c(Cl)c1NC(=O)c1cc(F)ccc1O. The van der Waals surface area contributed by atoms with Gasteiger partial charge in [0.25, 0.3) is 5.91 Å². The van der Waals surface area contributed by atoms with E-state index in [2.05, 4.69) is 10.4 Å². The first-order chi connectivity index (χ1) is 10.1. The van der Waals surface area contributed by atoms with Gasteiger partial charge in [-0.25, -0.2) is 4.39 Å². The number of anilines is 1. The van der Waals surface area contributed by atoms with E-state index in [9.17, 15) is 27.5 Å². The standard InChI is InChI=1S/C12H8ClF4N3O2/c1-20-10(8(13)9(19-20)12(15,16)17)18-11(22)6-4-5(14)2-3-7(6)21/h2-4,21H,1H3,(H,18,22). The molecule has 2 rings (SSSR count). The molecule has 0 spiro atoms. The monoisotopic (exact) mass is 337 g/mol. The molecule has 0 unspecified atom stereocenters. The quantitative estimate of drug-likeness (QED) is 0.827. The minimum Gasteiger partial charge on any atom is -0.507 e. The second-order valence-electron chi connectivity index (χ2n) is 4.25. The lowest BCUT2D eigenvalue weighted by Gasteiger charge is -2.07. The van der Waals surface area contributed by atoms with Gasteiger partial charge in [0, 0.05) is 7.05 Å². The largest absolute Gasteiger partial charge is 0.507 e. The average Bonchev–Trinajstić information content (AvgIpc) is 2.69. The van der Waals surface area contributed by atoms with Crippen molar-refractivity contribution in [2.45, 2.75) is 6.18 Å². The van der Waals surface area contributed by atoms with Crippen LogP contribution in [0, 0.1) is 5.82 Å². The van der Waals surface area contributed by atoms with Crippen LogP contribution in [-0.2, 0) is 13.2 Å². The molecule has 22 heavy (non-hydrogen) atoms. The lowest BCUT2D eigenvalue weighted by atomic mass is 10.2. The van der Waals surface area contributed by atoms with Gasteiger partial charge in [-0.1, -0.05) is 11.6 Å². The Morgan fingerprint density at radius 2 is 2.05 bits per heavy atom. The highest BCUT2D eigenvalue weighted by Crippen LogP contribution is 2.37. The van der Waals surface area contributed by atoms with E-state index in [0.29, 0.717) is 0 Å². The van der Waals surface area contributed by atoms with E-state index in [1.165, 1.54) is 0 Å². The van der Waals surface area contributed by atoms with Crippen molar-refractivity contribution in [2.24, 2.45) is 7.05 Å². The topological polar surface area (TPSA) is 67.2 Å². The highest BCUT2D eigenvalue weighted by molar-refractivity contribution is 6.34. The summed E-state index contributed by atoms with van der Waals surface area (Å²) in [5, 5.41) is 13.9. The number of benzene rings is 1. The minimum absolute atomic E-state index is 0.428. The normalized spacial score (nSPS) is 11.5. The second-order valence-corrected chi connectivity index (χ2v) is 4.63. The number of carbonyl (C=O) groups is 1. The zero-order valence-corrected chi connectivity index (χ0v) is 11.6. The Morgan fingerprint density at radius 1 is 1.41 bits per heavy atom. The number of halogens is 5. The Hall–Kier alpha value is -2.29. The predicted molar refractivity (Wildman–Crippen MR) is 69.2 cm³/mol. The fourth-order valence-corrected chi connectivity index (χ4v) is 1.99. The number of phenolic OH excluding ortho intramolecular Hbond substituents is 1. The molecule has 0 saturated heterocycles. The van der Waals surface area contributed by atoms with Crippen molar-refractivity contribution in [3.8, 4) is 5.75 Å². The Morgan fingerprint density at radius 3 is 2.59 bits per heavy atom. The van der Waals surface area contributed by atoms with Crippen LogP contribution < -0.4 is 5.32 Å². The smallest absolute Gasteiger partial charge is 0.436 e. The summed E-state index contributed by atoms with van der Waals surface area (Å²) in [5.74, 6) is -2.79. The molecule has 0 aliphatic carbocycles. The number of aryl methyl sites for hydroxylation is 1. The Kier molecular flexibility index (Phi) is 4.01. The van der Waals surface area contributed by atoms with Gasteiger partial charge in [0.05, 0.1) is 5.56 Å². The summed E-state index contributed by atoms with van der Waals surface area (Å²) in [6.07, 6.45) is -4.79. The molecule has 0 fully saturated rings. The molecular formula is C12H8ClF4N3O2. The summed E-state index contributed by atoms with van der Waals surface area (Å²) in [6.45, 7) is 0. The molecule has 1 aromatic heterocycles. The first-order valence-corrected chi connectivity index (χ1v) is 6.08. The number of alkyl halides is 3. The number of aromatic hydroxyl groups is 1. The van der Waals surface area contributed by atoms with Crippen LogP contribution in [0.3, 0.4) is 0 Å². The van der Waals surface area contributed by atoms with Gasteiger partial charge in [-0.2, -0.15) is 18.3 Å². The lowest BCUT2D eigenvalue weighted by molar-refractivity contribution is -0.141. The lowest BCUT2D eigenvalue weighted by Crippen LogP contribution is -2.15. The molecule has 0 atom stereocenters. The molecule has 1 amide bonds. The summed E-state index contributed by atoms with van der Waals surface area (Å²) in [4.78, 5) is 11.9. The molecule has 10 heteroatoms. The maximum atomic E-state index is 13.1. The van der Waals surface area contributed by atoms with Gasteiger partial charge in [-0.15, -0.1) is 0 Å². The summed E-state index contributed by atoms with van der Waals surface area (Å²) in [5.41, 5.74) is -1.82. The average molecular weight is 338 g/mol. The number of amides is 1. The van der Waals surface area contributed by atoms with Crippen LogP contribution in [0.2, 0.25) is 5.02 Å². The predicted octanol–water partition coefficient (Wildman–Crippen LogP) is 3.19. The van der Waals surface area contributed by atoms with E-state index in [1.807, 2.05) is 0 Å². The van der Waals surface area contributed by atoms with Crippen LogP contribution in [0.1, 0.15) is 16.1 Å². The highest BCUT2D eigenvalue weighted by Gasteiger charge is 2.39. The molecule has 0 aliphatic heterocycles. The van der Waals surface area contributed by atoms with Crippen LogP contribution >= 0.6 is 11.6 Å². The van der Waals surface area contributed by atoms with E-state index < -0.39 is 45.7 Å². The summed E-state index contributed by atoms with van der Waals surface area (Å²) in [7, 11) is 1.14. The third-order valence-electron chi connectivity index (χ3n) is 2.69. The summed E-state index contributed by atoms with van der Waals surface area (Å²) in [6, 6.07) is 2.60. The van der Waals surface area contributed by atoms with E-state index in [1.54, 1.807) is 0 Å². The van der Waals surface area contributed by atoms with Crippen LogP contribution in [0.4, 0.5) is 23.4 Å². The number of aromatic nitrogens is 2. The van der Waals surface area contributed by atoms with Crippen molar-refractivity contribution < 1.29 is 27.5 Å². The zero-order chi connectivity index (χ0) is 16.7. The minimum atomic E-state index is -4.79. The zero-order valence-electron chi connectivity index (χ0n) is 10.9. The molecule has 2 aromatic rings. The van der Waals surface area contributed by atoms with Gasteiger partial charge >= 0.3 is 6.18 Å². The van der Waals surface area contributed by atoms with Gasteiger partial charge in [0.2, 0.25) is 0 Å². The number of carbonyl (C=O) groups excluding carboxylic acids is 1. The number of rotatable bonds is 2. The van der Waals surface area contributed by atoms with Crippen molar-refractivity contribution in [3.63, 3.8) is 0 Å². The molecule has 0 radical (unpaired) electrons. The Balaban J connectivity index is 2.37. The van der Waals surface area contributed by atoms with Crippen molar-refractivity contribution in [2.75, 3.05) is 5.32 Å². The van der Waals surface area contributed by atoms with Gasteiger partial charge in [-0.3, -0.25) is 9.48 Å². The first kappa shape index (κ1) is 16.1. The van der Waals surface area contributed by atoms with Crippen LogP contribution in [0.5, 0.6) is 5.75 Å². The number of phenols is 1. The first-order valence-electron chi connectivity index (χ1n) is 5.71. The van der Waals surface area contributed by atoms with E-state index in [-0.39, 0.29) is 0 Å². The third-order valence-corrected chi connectivity index (χ3v) is 3.05. The van der Waals surface area contributed by atoms with Gasteiger partial charge in [0.1, 0.15) is 16.6 Å². The molecule has 118 valence electrons. The number of nitrogens with one attached hydrogen (secondary N) is 1. The molecule has 0 saturated carbocycles. The van der Waals surface area contributed by atoms with Crippen LogP contribution in [-0.4, -0.2) is 20.8 Å². The maximum absolute atomic E-state index is 13.1. The van der Waals surface area contributed by atoms with Crippen molar-refractivity contribution in [3.05, 3.63) is 40.3 Å². The van der Waals surface area contributed by atoms with Crippen molar-refractivity contribution in [1.29, 1.82) is 0 Å². The number of hydrogen-bond acceptors (Lipinski definition) is 3. The van der Waals surface area contributed by atoms with Crippen molar-refractivity contribution >= 4 is 23.3 Å². The molecule has 0 aliphatic rings. The molecule has 1 heterocycles. The fourth-order valence-electron chi connectivity index (χ4n) is 1.68. The number of hydrogen-bond donors (Lipinski definition) is 2. The Labute approximate surface area is 126 Å². The fraction of sp³-hybridized carbons (Fsp3) is 0.167. The summed E-state index contributed by atoms with van der Waals surface area (Å²) < 4.78 is 51.8. The third kappa shape index (κ3) is 2.98.